The maximum atomic E-state index is 3.20. The summed E-state index contributed by atoms with van der Waals surface area (Å²) in [6.07, 6.45) is 15.0. The fourth-order valence-electron chi connectivity index (χ4n) is 1.36. The first-order chi connectivity index (χ1) is 5.47. The topological polar surface area (TPSA) is 0 Å². The van der Waals surface area contributed by atoms with Gasteiger partial charge in [0, 0.05) is 5.57 Å². The Kier molecular flexibility index (Phi) is 1.63. The molecule has 0 fully saturated rings. The molecule has 0 atom stereocenters. The lowest BCUT2D eigenvalue weighted by atomic mass is 9.99. The fourth-order valence-corrected chi connectivity index (χ4v) is 1.36. The molecule has 0 saturated heterocycles. The van der Waals surface area contributed by atoms with Gasteiger partial charge in [0.05, 0.1) is 0 Å². The summed E-state index contributed by atoms with van der Waals surface area (Å²) in [5, 5.41) is 0. The lowest BCUT2D eigenvalue weighted by Gasteiger charge is -2.06. The van der Waals surface area contributed by atoms with Gasteiger partial charge >= 0.3 is 0 Å². The Morgan fingerprint density at radius 2 is 2.27 bits per heavy atom. The van der Waals surface area contributed by atoms with Crippen LogP contribution in [0.5, 0.6) is 0 Å². The zero-order valence-corrected chi connectivity index (χ0v) is 6.38. The van der Waals surface area contributed by atoms with E-state index in [0.717, 1.165) is 6.42 Å². The molecule has 2 rings (SSSR count). The van der Waals surface area contributed by atoms with Crippen molar-refractivity contribution in [1.82, 2.24) is 0 Å². The van der Waals surface area contributed by atoms with Gasteiger partial charge in [0.2, 0.25) is 0 Å². The SMILES string of the molecule is C1=CC=CC=1C1=CC=CCC1. The minimum absolute atomic E-state index is 1.16. The molecule has 0 heteroatoms. The van der Waals surface area contributed by atoms with Gasteiger partial charge in [0.15, 0.2) is 0 Å². The predicted molar refractivity (Wildman–Crippen MR) is 47.2 cm³/mol. The van der Waals surface area contributed by atoms with Gasteiger partial charge in [-0.25, -0.2) is 0 Å². The smallest absolute Gasteiger partial charge is 0.0196 e. The highest BCUT2D eigenvalue weighted by atomic mass is 14.1. The molecule has 0 aromatic heterocycles. The predicted octanol–water partition coefficient (Wildman–Crippen LogP) is 2.91. The number of hydrogen-bond donors (Lipinski definition) is 0. The fraction of sp³-hybridized carbons (Fsp3) is 0.182. The van der Waals surface area contributed by atoms with Crippen molar-refractivity contribution in [1.29, 1.82) is 0 Å². The van der Waals surface area contributed by atoms with Crippen LogP contribution in [0.15, 0.2) is 53.3 Å². The van der Waals surface area contributed by atoms with Crippen molar-refractivity contribution in [3.8, 4) is 0 Å². The van der Waals surface area contributed by atoms with Crippen LogP contribution in [0, 0.1) is 0 Å². The minimum atomic E-state index is 1.16. The zero-order valence-electron chi connectivity index (χ0n) is 6.38. The highest BCUT2D eigenvalue weighted by Crippen LogP contribution is 2.21. The van der Waals surface area contributed by atoms with Crippen LogP contribution in [0.1, 0.15) is 12.8 Å². The lowest BCUT2D eigenvalue weighted by molar-refractivity contribution is 0.979. The second kappa shape index (κ2) is 2.77. The van der Waals surface area contributed by atoms with E-state index < -0.39 is 0 Å². The summed E-state index contributed by atoms with van der Waals surface area (Å²) in [5.41, 5.74) is 5.88. The van der Waals surface area contributed by atoms with Crippen molar-refractivity contribution < 1.29 is 0 Å². The third kappa shape index (κ3) is 1.26. The molecule has 0 aromatic carbocycles. The number of allylic oxidation sites excluding steroid dienone is 7. The van der Waals surface area contributed by atoms with Gasteiger partial charge in [-0.3, -0.25) is 0 Å². The standard InChI is InChI=1S/C11H10/c1-2-6-10(7-3-1)11-8-4-5-9-11/h1-2,4-6,8H,3,7H2. The van der Waals surface area contributed by atoms with E-state index in [1.54, 1.807) is 0 Å². The lowest BCUT2D eigenvalue weighted by Crippen LogP contribution is -1.87. The average Bonchev–Trinajstić information content (AvgIpc) is 2.58. The summed E-state index contributed by atoms with van der Waals surface area (Å²) in [7, 11) is 0. The van der Waals surface area contributed by atoms with Gasteiger partial charge in [-0.05, 0) is 30.6 Å². The normalized spacial score (nSPS) is 20.4. The highest BCUT2D eigenvalue weighted by molar-refractivity contribution is 5.46. The van der Waals surface area contributed by atoms with Gasteiger partial charge in [0.25, 0.3) is 0 Å². The molecule has 11 heavy (non-hydrogen) atoms. The van der Waals surface area contributed by atoms with Crippen LogP contribution in [0.4, 0.5) is 0 Å². The first-order valence-electron chi connectivity index (χ1n) is 3.96. The monoisotopic (exact) mass is 142 g/mol. The highest BCUT2D eigenvalue weighted by Gasteiger charge is 2.03. The first-order valence-corrected chi connectivity index (χ1v) is 3.96. The first kappa shape index (κ1) is 6.45. The molecule has 2 aliphatic carbocycles. The molecular weight excluding hydrogens is 132 g/mol. The molecule has 0 bridgehead atoms. The van der Waals surface area contributed by atoms with Crippen molar-refractivity contribution in [3.63, 3.8) is 0 Å². The summed E-state index contributed by atoms with van der Waals surface area (Å²) in [6.45, 7) is 0. The third-order valence-corrected chi connectivity index (χ3v) is 1.96. The summed E-state index contributed by atoms with van der Waals surface area (Å²) in [5.74, 6) is 0. The maximum Gasteiger partial charge on any atom is 0.0196 e. The largest absolute Gasteiger partial charge is 0.113 e. The van der Waals surface area contributed by atoms with Crippen LogP contribution >= 0.6 is 0 Å². The van der Waals surface area contributed by atoms with E-state index in [2.05, 4.69) is 30.0 Å². The van der Waals surface area contributed by atoms with Crippen LogP contribution < -0.4 is 0 Å². The molecule has 0 spiro atoms. The van der Waals surface area contributed by atoms with Crippen LogP contribution in [0.3, 0.4) is 0 Å². The molecular formula is C11H10. The molecule has 0 radical (unpaired) electrons. The second-order valence-electron chi connectivity index (χ2n) is 2.74. The molecule has 2 aliphatic rings. The van der Waals surface area contributed by atoms with Gasteiger partial charge in [-0.2, -0.15) is 0 Å². The molecule has 0 N–H and O–H groups in total. The number of hydrogen-bond acceptors (Lipinski definition) is 0. The summed E-state index contributed by atoms with van der Waals surface area (Å²) < 4.78 is 0. The molecule has 0 unspecified atom stereocenters. The Balaban J connectivity index is 2.28. The van der Waals surface area contributed by atoms with E-state index in [9.17, 15) is 0 Å². The van der Waals surface area contributed by atoms with E-state index in [1.165, 1.54) is 17.6 Å². The van der Waals surface area contributed by atoms with E-state index in [0.29, 0.717) is 0 Å². The van der Waals surface area contributed by atoms with E-state index in [-0.39, 0.29) is 0 Å². The molecule has 0 aliphatic heterocycles. The zero-order chi connectivity index (χ0) is 7.52. The van der Waals surface area contributed by atoms with Crippen LogP contribution in [-0.4, -0.2) is 0 Å². The minimum Gasteiger partial charge on any atom is -0.113 e. The van der Waals surface area contributed by atoms with Crippen molar-refractivity contribution in [2.75, 3.05) is 0 Å². The molecule has 0 nitrogen and oxygen atoms in total. The molecule has 0 aromatic rings. The van der Waals surface area contributed by atoms with Gasteiger partial charge in [-0.15, -0.1) is 5.73 Å². The van der Waals surface area contributed by atoms with Crippen molar-refractivity contribution in [2.24, 2.45) is 0 Å². The van der Waals surface area contributed by atoms with E-state index in [4.69, 9.17) is 0 Å². The molecule has 0 amide bonds. The molecule has 54 valence electrons. The Morgan fingerprint density at radius 3 is 2.91 bits per heavy atom. The average molecular weight is 142 g/mol. The van der Waals surface area contributed by atoms with Crippen LogP contribution in [0.2, 0.25) is 0 Å². The summed E-state index contributed by atoms with van der Waals surface area (Å²) in [6, 6.07) is 0. The van der Waals surface area contributed by atoms with Crippen molar-refractivity contribution in [2.45, 2.75) is 12.8 Å². The second-order valence-corrected chi connectivity index (χ2v) is 2.74. The Hall–Kier alpha value is -1.26. The molecule has 0 saturated carbocycles. The Morgan fingerprint density at radius 1 is 1.27 bits per heavy atom. The summed E-state index contributed by atoms with van der Waals surface area (Å²) >= 11 is 0. The van der Waals surface area contributed by atoms with Gasteiger partial charge < -0.3 is 0 Å². The molecule has 0 heterocycles. The Labute approximate surface area is 66.9 Å². The van der Waals surface area contributed by atoms with Crippen LogP contribution in [-0.2, 0) is 0 Å². The van der Waals surface area contributed by atoms with Crippen molar-refractivity contribution >= 4 is 0 Å². The van der Waals surface area contributed by atoms with Gasteiger partial charge in [-0.1, -0.05) is 24.3 Å². The number of rotatable bonds is 1. The van der Waals surface area contributed by atoms with E-state index >= 15 is 0 Å². The third-order valence-electron chi connectivity index (χ3n) is 1.96. The summed E-state index contributed by atoms with van der Waals surface area (Å²) in [4.78, 5) is 0. The van der Waals surface area contributed by atoms with Crippen LogP contribution in [0.25, 0.3) is 0 Å². The van der Waals surface area contributed by atoms with E-state index in [1.807, 2.05) is 12.2 Å². The maximum absolute atomic E-state index is 3.20. The Bertz CT molecular complexity index is 305. The van der Waals surface area contributed by atoms with Crippen molar-refractivity contribution in [3.05, 3.63) is 53.3 Å². The quantitative estimate of drug-likeness (QED) is 0.494. The van der Waals surface area contributed by atoms with Gasteiger partial charge in [0.1, 0.15) is 0 Å².